The van der Waals surface area contributed by atoms with Gasteiger partial charge in [0, 0.05) is 19.8 Å². The van der Waals surface area contributed by atoms with Crippen LogP contribution in [-0.4, -0.2) is 39.5 Å². The van der Waals surface area contributed by atoms with Gasteiger partial charge in [-0.3, -0.25) is 0 Å². The molecule has 0 saturated heterocycles. The largest absolute Gasteiger partial charge is 0.382 e. The Bertz CT molecular complexity index is 174. The van der Waals surface area contributed by atoms with Crippen molar-refractivity contribution in [3.8, 4) is 0 Å². The molecule has 17 heavy (non-hydrogen) atoms. The summed E-state index contributed by atoms with van der Waals surface area (Å²) >= 11 is 0. The predicted octanol–water partition coefficient (Wildman–Crippen LogP) is 2.60. The summed E-state index contributed by atoms with van der Waals surface area (Å²) in [4.78, 5) is 0. The summed E-state index contributed by atoms with van der Waals surface area (Å²) in [6.07, 6.45) is 8.08. The smallest absolute Gasteiger partial charge is 0.0700 e. The van der Waals surface area contributed by atoms with Gasteiger partial charge in [0.1, 0.15) is 0 Å². The maximum absolute atomic E-state index is 5.50. The fourth-order valence-corrected chi connectivity index (χ4v) is 2.75. The highest BCUT2D eigenvalue weighted by atomic mass is 16.5. The van der Waals surface area contributed by atoms with Crippen LogP contribution in [0.4, 0.5) is 0 Å². The molecule has 3 heteroatoms. The Balaban J connectivity index is 1.98. The number of methoxy groups -OCH3 is 1. The summed E-state index contributed by atoms with van der Waals surface area (Å²) in [6.45, 7) is 5.66. The zero-order valence-corrected chi connectivity index (χ0v) is 11.5. The molecule has 1 rings (SSSR count). The van der Waals surface area contributed by atoms with Crippen molar-refractivity contribution in [1.29, 1.82) is 0 Å². The highest BCUT2D eigenvalue weighted by Crippen LogP contribution is 2.27. The zero-order valence-electron chi connectivity index (χ0n) is 11.5. The first-order chi connectivity index (χ1) is 8.36. The third-order valence-electron chi connectivity index (χ3n) is 3.61. The second kappa shape index (κ2) is 9.86. The molecule has 1 aliphatic rings. The molecule has 0 aromatic carbocycles. The van der Waals surface area contributed by atoms with Crippen molar-refractivity contribution in [3.63, 3.8) is 0 Å². The van der Waals surface area contributed by atoms with Crippen LogP contribution in [0.25, 0.3) is 0 Å². The normalized spacial score (nSPS) is 25.1. The standard InChI is InChI=1S/C14H29NO2/c1-3-15-14-8-4-6-13(12-14)7-5-9-17-11-10-16-2/h13-15H,3-12H2,1-2H3. The van der Waals surface area contributed by atoms with Gasteiger partial charge in [-0.1, -0.05) is 19.8 Å². The molecule has 0 spiro atoms. The molecule has 1 fully saturated rings. The van der Waals surface area contributed by atoms with Crippen molar-refractivity contribution >= 4 is 0 Å². The average molecular weight is 243 g/mol. The number of ether oxygens (including phenoxy) is 2. The van der Waals surface area contributed by atoms with Gasteiger partial charge in [0.05, 0.1) is 13.2 Å². The van der Waals surface area contributed by atoms with Crippen molar-refractivity contribution in [1.82, 2.24) is 5.32 Å². The maximum atomic E-state index is 5.50. The number of hydrogen-bond donors (Lipinski definition) is 1. The van der Waals surface area contributed by atoms with Crippen LogP contribution in [0.5, 0.6) is 0 Å². The second-order valence-electron chi connectivity index (χ2n) is 5.03. The summed E-state index contributed by atoms with van der Waals surface area (Å²) in [5.41, 5.74) is 0. The fourth-order valence-electron chi connectivity index (χ4n) is 2.75. The van der Waals surface area contributed by atoms with Crippen molar-refractivity contribution in [2.75, 3.05) is 33.5 Å². The number of hydrogen-bond acceptors (Lipinski definition) is 3. The molecular formula is C14H29NO2. The van der Waals surface area contributed by atoms with Gasteiger partial charge in [-0.15, -0.1) is 0 Å². The minimum atomic E-state index is 0.714. The van der Waals surface area contributed by atoms with Crippen molar-refractivity contribution in [2.45, 2.75) is 51.5 Å². The van der Waals surface area contributed by atoms with Gasteiger partial charge in [0.25, 0.3) is 0 Å². The van der Waals surface area contributed by atoms with Gasteiger partial charge in [0.2, 0.25) is 0 Å². The van der Waals surface area contributed by atoms with Crippen molar-refractivity contribution in [2.24, 2.45) is 5.92 Å². The van der Waals surface area contributed by atoms with Gasteiger partial charge in [0.15, 0.2) is 0 Å². The molecule has 0 amide bonds. The first kappa shape index (κ1) is 14.9. The lowest BCUT2D eigenvalue weighted by Crippen LogP contribution is -2.33. The third kappa shape index (κ3) is 7.02. The van der Waals surface area contributed by atoms with Crippen LogP contribution >= 0.6 is 0 Å². The summed E-state index contributed by atoms with van der Waals surface area (Å²) in [5, 5.41) is 3.58. The van der Waals surface area contributed by atoms with Crippen molar-refractivity contribution in [3.05, 3.63) is 0 Å². The van der Waals surface area contributed by atoms with E-state index < -0.39 is 0 Å². The van der Waals surface area contributed by atoms with Crippen LogP contribution < -0.4 is 5.32 Å². The third-order valence-corrected chi connectivity index (χ3v) is 3.61. The van der Waals surface area contributed by atoms with E-state index >= 15 is 0 Å². The van der Waals surface area contributed by atoms with E-state index in [0.29, 0.717) is 6.61 Å². The van der Waals surface area contributed by atoms with Crippen molar-refractivity contribution < 1.29 is 9.47 Å². The van der Waals surface area contributed by atoms with Crippen LogP contribution in [0, 0.1) is 5.92 Å². The Kier molecular flexibility index (Phi) is 8.67. The van der Waals surface area contributed by atoms with Gasteiger partial charge < -0.3 is 14.8 Å². The molecular weight excluding hydrogens is 214 g/mol. The summed E-state index contributed by atoms with van der Waals surface area (Å²) < 4.78 is 10.4. The lowest BCUT2D eigenvalue weighted by Gasteiger charge is -2.29. The Morgan fingerprint density at radius 2 is 2.06 bits per heavy atom. The molecule has 2 unspecified atom stereocenters. The second-order valence-corrected chi connectivity index (χ2v) is 5.03. The van der Waals surface area contributed by atoms with E-state index in [1.54, 1.807) is 7.11 Å². The molecule has 0 radical (unpaired) electrons. The zero-order chi connectivity index (χ0) is 12.3. The van der Waals surface area contributed by atoms with Crippen LogP contribution in [0.3, 0.4) is 0 Å². The Morgan fingerprint density at radius 1 is 1.18 bits per heavy atom. The fraction of sp³-hybridized carbons (Fsp3) is 1.00. The summed E-state index contributed by atoms with van der Waals surface area (Å²) in [6, 6.07) is 0.771. The van der Waals surface area contributed by atoms with Crippen LogP contribution in [-0.2, 0) is 9.47 Å². The van der Waals surface area contributed by atoms with E-state index in [2.05, 4.69) is 12.2 Å². The van der Waals surface area contributed by atoms with Gasteiger partial charge in [-0.25, -0.2) is 0 Å². The summed E-state index contributed by atoms with van der Waals surface area (Å²) in [7, 11) is 1.71. The summed E-state index contributed by atoms with van der Waals surface area (Å²) in [5.74, 6) is 0.916. The molecule has 1 saturated carbocycles. The Morgan fingerprint density at radius 3 is 2.82 bits per heavy atom. The van der Waals surface area contributed by atoms with Gasteiger partial charge in [-0.2, -0.15) is 0 Å². The van der Waals surface area contributed by atoms with E-state index in [0.717, 1.165) is 31.7 Å². The lowest BCUT2D eigenvalue weighted by molar-refractivity contribution is 0.0661. The molecule has 102 valence electrons. The quantitative estimate of drug-likeness (QED) is 0.631. The minimum Gasteiger partial charge on any atom is -0.382 e. The highest BCUT2D eigenvalue weighted by molar-refractivity contribution is 4.77. The minimum absolute atomic E-state index is 0.714. The van der Waals surface area contributed by atoms with E-state index in [1.807, 2.05) is 0 Å². The van der Waals surface area contributed by atoms with E-state index in [-0.39, 0.29) is 0 Å². The van der Waals surface area contributed by atoms with Gasteiger partial charge in [-0.05, 0) is 38.1 Å². The van der Waals surface area contributed by atoms with Crippen LogP contribution in [0.2, 0.25) is 0 Å². The molecule has 0 bridgehead atoms. The first-order valence-corrected chi connectivity index (χ1v) is 7.16. The lowest BCUT2D eigenvalue weighted by atomic mass is 9.83. The number of rotatable bonds is 9. The molecule has 0 heterocycles. The molecule has 0 aliphatic heterocycles. The highest BCUT2D eigenvalue weighted by Gasteiger charge is 2.20. The topological polar surface area (TPSA) is 30.5 Å². The monoisotopic (exact) mass is 243 g/mol. The van der Waals surface area contributed by atoms with E-state index in [1.165, 1.54) is 38.5 Å². The van der Waals surface area contributed by atoms with Crippen LogP contribution in [0.15, 0.2) is 0 Å². The van der Waals surface area contributed by atoms with E-state index in [9.17, 15) is 0 Å². The van der Waals surface area contributed by atoms with Gasteiger partial charge >= 0.3 is 0 Å². The molecule has 2 atom stereocenters. The molecule has 1 aliphatic carbocycles. The maximum Gasteiger partial charge on any atom is 0.0700 e. The predicted molar refractivity (Wildman–Crippen MR) is 71.4 cm³/mol. The molecule has 0 aromatic heterocycles. The molecule has 1 N–H and O–H groups in total. The molecule has 0 aromatic rings. The molecule has 3 nitrogen and oxygen atoms in total. The number of nitrogens with one attached hydrogen (secondary N) is 1. The first-order valence-electron chi connectivity index (χ1n) is 7.16. The van der Waals surface area contributed by atoms with Crippen LogP contribution in [0.1, 0.15) is 45.4 Å². The average Bonchev–Trinajstić information content (AvgIpc) is 2.35. The SMILES string of the molecule is CCNC1CCCC(CCCOCCOC)C1. The van der Waals surface area contributed by atoms with E-state index in [4.69, 9.17) is 9.47 Å². The Labute approximate surface area is 106 Å². The Hall–Kier alpha value is -0.120.